The van der Waals surface area contributed by atoms with Gasteiger partial charge in [0, 0.05) is 12.8 Å². The second-order valence-corrected chi connectivity index (χ2v) is 5.26. The summed E-state index contributed by atoms with van der Waals surface area (Å²) in [5.41, 5.74) is 1.95. The molecule has 0 unspecified atom stereocenters. The fourth-order valence-electron chi connectivity index (χ4n) is 2.62. The third kappa shape index (κ3) is 2.86. The number of ketones is 1. The topological polar surface area (TPSA) is 52.6 Å². The molecule has 22 heavy (non-hydrogen) atoms. The van der Waals surface area contributed by atoms with Crippen molar-refractivity contribution in [3.8, 4) is 5.75 Å². The molecule has 0 saturated carbocycles. The molecule has 0 bridgehead atoms. The fraction of sp³-hybridized carbons (Fsp3) is 0.222. The molecule has 0 aromatic heterocycles. The maximum atomic E-state index is 12.3. The Labute approximate surface area is 128 Å². The third-order valence-corrected chi connectivity index (χ3v) is 3.71. The predicted molar refractivity (Wildman–Crippen MR) is 81.3 cm³/mol. The number of carbonyl (C=O) groups is 2. The SMILES string of the molecule is COC(=O)c1ccc2c(c1)C(=O)C[C@H](Cc1ccccc1)O2. The van der Waals surface area contributed by atoms with Crippen molar-refractivity contribution in [1.82, 2.24) is 0 Å². The van der Waals surface area contributed by atoms with Crippen LogP contribution in [-0.2, 0) is 11.2 Å². The summed E-state index contributed by atoms with van der Waals surface area (Å²) in [5.74, 6) is 0.0692. The van der Waals surface area contributed by atoms with E-state index in [-0.39, 0.29) is 11.9 Å². The van der Waals surface area contributed by atoms with E-state index in [4.69, 9.17) is 4.74 Å². The number of hydrogen-bond acceptors (Lipinski definition) is 4. The zero-order valence-electron chi connectivity index (χ0n) is 12.2. The summed E-state index contributed by atoms with van der Waals surface area (Å²) >= 11 is 0. The van der Waals surface area contributed by atoms with Crippen LogP contribution in [0.15, 0.2) is 48.5 Å². The van der Waals surface area contributed by atoms with Crippen molar-refractivity contribution >= 4 is 11.8 Å². The van der Waals surface area contributed by atoms with Crippen molar-refractivity contribution in [2.75, 3.05) is 7.11 Å². The predicted octanol–water partition coefficient (Wildman–Crippen LogP) is 3.05. The maximum Gasteiger partial charge on any atom is 0.337 e. The normalized spacial score (nSPS) is 16.6. The van der Waals surface area contributed by atoms with E-state index in [9.17, 15) is 9.59 Å². The van der Waals surface area contributed by atoms with E-state index in [2.05, 4.69) is 4.74 Å². The van der Waals surface area contributed by atoms with Crippen LogP contribution in [0.25, 0.3) is 0 Å². The van der Waals surface area contributed by atoms with E-state index >= 15 is 0 Å². The van der Waals surface area contributed by atoms with Gasteiger partial charge in [-0.1, -0.05) is 30.3 Å². The van der Waals surface area contributed by atoms with E-state index in [0.717, 1.165) is 5.56 Å². The lowest BCUT2D eigenvalue weighted by atomic mass is 9.95. The van der Waals surface area contributed by atoms with Crippen LogP contribution in [0.1, 0.15) is 32.7 Å². The molecule has 0 N–H and O–H groups in total. The van der Waals surface area contributed by atoms with Gasteiger partial charge in [-0.25, -0.2) is 4.79 Å². The lowest BCUT2D eigenvalue weighted by Crippen LogP contribution is -2.29. The summed E-state index contributed by atoms with van der Waals surface area (Å²) in [7, 11) is 1.32. The van der Waals surface area contributed by atoms with E-state index in [1.165, 1.54) is 7.11 Å². The number of Topliss-reactive ketones (excluding diaryl/α,β-unsaturated/α-hetero) is 1. The molecule has 0 saturated heterocycles. The Morgan fingerprint density at radius 1 is 1.23 bits per heavy atom. The summed E-state index contributed by atoms with van der Waals surface area (Å²) in [6.07, 6.45) is 0.823. The molecule has 0 radical (unpaired) electrons. The van der Waals surface area contributed by atoms with Crippen LogP contribution in [0.2, 0.25) is 0 Å². The highest BCUT2D eigenvalue weighted by molar-refractivity contribution is 6.02. The van der Waals surface area contributed by atoms with E-state index in [1.54, 1.807) is 18.2 Å². The summed E-state index contributed by atoms with van der Waals surface area (Å²) in [6, 6.07) is 14.8. The van der Waals surface area contributed by atoms with Crippen LogP contribution in [0.3, 0.4) is 0 Å². The summed E-state index contributed by atoms with van der Waals surface area (Å²) in [4.78, 5) is 23.9. The molecule has 0 fully saturated rings. The van der Waals surface area contributed by atoms with Gasteiger partial charge in [0.15, 0.2) is 5.78 Å². The number of carbonyl (C=O) groups excluding carboxylic acids is 2. The number of rotatable bonds is 3. The minimum atomic E-state index is -0.456. The molecule has 4 nitrogen and oxygen atoms in total. The number of fused-ring (bicyclic) bond motifs is 1. The first-order valence-corrected chi connectivity index (χ1v) is 7.13. The van der Waals surface area contributed by atoms with Gasteiger partial charge in [-0.2, -0.15) is 0 Å². The fourth-order valence-corrected chi connectivity index (χ4v) is 2.62. The smallest absolute Gasteiger partial charge is 0.337 e. The first-order valence-electron chi connectivity index (χ1n) is 7.13. The van der Waals surface area contributed by atoms with Crippen LogP contribution in [0.5, 0.6) is 5.75 Å². The minimum absolute atomic E-state index is 0.00654. The second-order valence-electron chi connectivity index (χ2n) is 5.26. The molecule has 1 aliphatic heterocycles. The van der Waals surface area contributed by atoms with Crippen molar-refractivity contribution in [2.24, 2.45) is 0 Å². The molecule has 4 heteroatoms. The molecular weight excluding hydrogens is 280 g/mol. The molecule has 2 aromatic carbocycles. The Balaban J connectivity index is 1.81. The molecule has 0 amide bonds. The minimum Gasteiger partial charge on any atom is -0.489 e. The summed E-state index contributed by atoms with van der Waals surface area (Å²) < 4.78 is 10.6. The van der Waals surface area contributed by atoms with Gasteiger partial charge in [-0.05, 0) is 23.8 Å². The number of ether oxygens (including phenoxy) is 2. The summed E-state index contributed by atoms with van der Waals surface area (Å²) in [5, 5.41) is 0. The monoisotopic (exact) mass is 296 g/mol. The Morgan fingerprint density at radius 3 is 2.73 bits per heavy atom. The Bertz CT molecular complexity index is 706. The first-order chi connectivity index (χ1) is 10.7. The highest BCUT2D eigenvalue weighted by atomic mass is 16.5. The van der Waals surface area contributed by atoms with Gasteiger partial charge >= 0.3 is 5.97 Å². The Morgan fingerprint density at radius 2 is 2.00 bits per heavy atom. The van der Waals surface area contributed by atoms with Gasteiger partial charge in [-0.15, -0.1) is 0 Å². The molecule has 3 rings (SSSR count). The third-order valence-electron chi connectivity index (χ3n) is 3.71. The number of hydrogen-bond donors (Lipinski definition) is 0. The van der Waals surface area contributed by atoms with Crippen LogP contribution >= 0.6 is 0 Å². The van der Waals surface area contributed by atoms with Gasteiger partial charge in [0.25, 0.3) is 0 Å². The van der Waals surface area contributed by atoms with Gasteiger partial charge in [0.1, 0.15) is 11.9 Å². The van der Waals surface area contributed by atoms with E-state index in [0.29, 0.717) is 29.7 Å². The van der Waals surface area contributed by atoms with Crippen LogP contribution in [0.4, 0.5) is 0 Å². The molecule has 1 heterocycles. The largest absolute Gasteiger partial charge is 0.489 e. The Hall–Kier alpha value is -2.62. The van der Waals surface area contributed by atoms with Gasteiger partial charge in [-0.3, -0.25) is 4.79 Å². The standard InChI is InChI=1S/C18H16O4/c1-21-18(20)13-7-8-17-15(10-13)16(19)11-14(22-17)9-12-5-3-2-4-6-12/h2-8,10,14H,9,11H2,1H3/t14-/m0/s1. The highest BCUT2D eigenvalue weighted by Gasteiger charge is 2.27. The van der Waals surface area contributed by atoms with Crippen molar-refractivity contribution < 1.29 is 19.1 Å². The van der Waals surface area contributed by atoms with Gasteiger partial charge in [0.05, 0.1) is 18.2 Å². The Kier molecular flexibility index (Phi) is 3.92. The molecule has 1 aliphatic rings. The van der Waals surface area contributed by atoms with Crippen molar-refractivity contribution in [3.63, 3.8) is 0 Å². The highest BCUT2D eigenvalue weighted by Crippen LogP contribution is 2.30. The average Bonchev–Trinajstić information content (AvgIpc) is 2.55. The van der Waals surface area contributed by atoms with Crippen molar-refractivity contribution in [3.05, 3.63) is 65.2 Å². The maximum absolute atomic E-state index is 12.3. The first kappa shape index (κ1) is 14.3. The van der Waals surface area contributed by atoms with Crippen molar-refractivity contribution in [1.29, 1.82) is 0 Å². The molecular formula is C18H16O4. The average molecular weight is 296 g/mol. The number of methoxy groups -OCH3 is 1. The quantitative estimate of drug-likeness (QED) is 0.817. The zero-order valence-corrected chi connectivity index (χ0v) is 12.2. The number of esters is 1. The second kappa shape index (κ2) is 6.02. The summed E-state index contributed by atoms with van der Waals surface area (Å²) in [6.45, 7) is 0. The molecule has 0 aliphatic carbocycles. The molecule has 2 aromatic rings. The van der Waals surface area contributed by atoms with Crippen molar-refractivity contribution in [2.45, 2.75) is 18.9 Å². The van der Waals surface area contributed by atoms with Gasteiger partial charge in [0.2, 0.25) is 0 Å². The molecule has 1 atom stereocenters. The van der Waals surface area contributed by atoms with E-state index < -0.39 is 5.97 Å². The number of benzene rings is 2. The van der Waals surface area contributed by atoms with Gasteiger partial charge < -0.3 is 9.47 Å². The lowest BCUT2D eigenvalue weighted by molar-refractivity contribution is 0.0600. The van der Waals surface area contributed by atoms with E-state index in [1.807, 2.05) is 30.3 Å². The lowest BCUT2D eigenvalue weighted by Gasteiger charge is -2.25. The van der Waals surface area contributed by atoms with Crippen LogP contribution in [-0.4, -0.2) is 25.0 Å². The molecule has 0 spiro atoms. The van der Waals surface area contributed by atoms with Crippen LogP contribution < -0.4 is 4.74 Å². The zero-order chi connectivity index (χ0) is 15.5. The molecule has 112 valence electrons. The van der Waals surface area contributed by atoms with Crippen LogP contribution in [0, 0.1) is 0 Å².